The molecular weight excluding hydrogens is 429 g/mol. The van der Waals surface area contributed by atoms with E-state index in [1.54, 1.807) is 0 Å². The Balaban J connectivity index is 1.86. The van der Waals surface area contributed by atoms with Crippen molar-refractivity contribution < 1.29 is 0 Å². The van der Waals surface area contributed by atoms with Crippen LogP contribution in [0, 0.1) is 3.57 Å². The molecule has 0 aliphatic rings. The molecule has 0 aliphatic heterocycles. The third kappa shape index (κ3) is 2.53. The summed E-state index contributed by atoms with van der Waals surface area (Å²) in [5, 5.41) is 2.58. The lowest BCUT2D eigenvalue weighted by atomic mass is 10.0. The zero-order valence-corrected chi connectivity index (χ0v) is 16.2. The van der Waals surface area contributed by atoms with Crippen LogP contribution in [0.3, 0.4) is 0 Å². The molecule has 1 aromatic heterocycles. The number of benzene rings is 4. The molecule has 0 radical (unpaired) electrons. The molecule has 5 rings (SSSR count). The summed E-state index contributed by atoms with van der Waals surface area (Å²) in [4.78, 5) is 0. The van der Waals surface area contributed by atoms with Gasteiger partial charge in [-0.3, -0.25) is 0 Å². The predicted octanol–water partition coefficient (Wildman–Crippen LogP) is 7.06. The Labute approximate surface area is 166 Å². The van der Waals surface area contributed by atoms with Crippen molar-refractivity contribution in [1.29, 1.82) is 0 Å². The smallest absolute Gasteiger partial charge is 0.0547 e. The van der Waals surface area contributed by atoms with Crippen LogP contribution < -0.4 is 0 Å². The summed E-state index contributed by atoms with van der Waals surface area (Å²) in [5.74, 6) is 0. The normalized spacial score (nSPS) is 11.3. The van der Waals surface area contributed by atoms with Crippen LogP contribution in [0.25, 0.3) is 38.6 Å². The summed E-state index contributed by atoms with van der Waals surface area (Å²) in [7, 11) is 0. The molecule has 0 amide bonds. The lowest BCUT2D eigenvalue weighted by molar-refractivity contribution is 1.18. The summed E-state index contributed by atoms with van der Waals surface area (Å²) in [5.41, 5.74) is 6.18. The van der Waals surface area contributed by atoms with Gasteiger partial charge in [0.25, 0.3) is 0 Å². The molecule has 0 fully saturated rings. The van der Waals surface area contributed by atoms with Crippen LogP contribution in [0.1, 0.15) is 0 Å². The quantitative estimate of drug-likeness (QED) is 0.257. The van der Waals surface area contributed by atoms with E-state index in [9.17, 15) is 0 Å². The van der Waals surface area contributed by atoms with E-state index in [2.05, 4.69) is 124 Å². The predicted molar refractivity (Wildman–Crippen MR) is 119 cm³/mol. The highest BCUT2D eigenvalue weighted by Gasteiger charge is 2.12. The fraction of sp³-hybridized carbons (Fsp3) is 0. The molecule has 1 nitrogen and oxygen atoms in total. The van der Waals surface area contributed by atoms with Gasteiger partial charge >= 0.3 is 0 Å². The van der Waals surface area contributed by atoms with Crippen molar-refractivity contribution in [2.24, 2.45) is 0 Å². The molecule has 0 spiro atoms. The van der Waals surface area contributed by atoms with Gasteiger partial charge in [-0.05, 0) is 70.1 Å². The highest BCUT2D eigenvalue weighted by molar-refractivity contribution is 14.1. The van der Waals surface area contributed by atoms with E-state index in [-0.39, 0.29) is 0 Å². The minimum atomic E-state index is 1.19. The van der Waals surface area contributed by atoms with Crippen LogP contribution >= 0.6 is 22.6 Å². The molecule has 0 bridgehead atoms. The van der Waals surface area contributed by atoms with Gasteiger partial charge in [0.1, 0.15) is 0 Å². The van der Waals surface area contributed by atoms with Crippen LogP contribution in [-0.4, -0.2) is 4.57 Å². The molecule has 4 aromatic carbocycles. The summed E-state index contributed by atoms with van der Waals surface area (Å²) in [6.07, 6.45) is 0. The Bertz CT molecular complexity index is 1240. The van der Waals surface area contributed by atoms with Gasteiger partial charge in [-0.1, -0.05) is 60.7 Å². The van der Waals surface area contributed by atoms with Crippen LogP contribution in [0.5, 0.6) is 0 Å². The number of hydrogen-bond acceptors (Lipinski definition) is 0. The molecule has 5 aromatic rings. The summed E-state index contributed by atoms with van der Waals surface area (Å²) in [6, 6.07) is 34.7. The monoisotopic (exact) mass is 445 g/mol. The molecule has 0 unspecified atom stereocenters. The third-order valence-electron chi connectivity index (χ3n) is 4.85. The van der Waals surface area contributed by atoms with E-state index in [0.717, 1.165) is 0 Å². The topological polar surface area (TPSA) is 4.93 Å². The molecule has 0 N–H and O–H groups in total. The van der Waals surface area contributed by atoms with Gasteiger partial charge in [0.15, 0.2) is 0 Å². The van der Waals surface area contributed by atoms with Crippen molar-refractivity contribution in [2.45, 2.75) is 0 Å². The minimum Gasteiger partial charge on any atom is -0.309 e. The second-order valence-corrected chi connectivity index (χ2v) is 7.68. The third-order valence-corrected chi connectivity index (χ3v) is 5.52. The molecule has 0 atom stereocenters. The van der Waals surface area contributed by atoms with E-state index in [4.69, 9.17) is 0 Å². The number of fused-ring (bicyclic) bond motifs is 3. The zero-order chi connectivity index (χ0) is 17.5. The Morgan fingerprint density at radius 3 is 2.12 bits per heavy atom. The summed E-state index contributed by atoms with van der Waals surface area (Å²) < 4.78 is 3.62. The fourth-order valence-electron chi connectivity index (χ4n) is 3.67. The number of nitrogens with zero attached hydrogens (tertiary/aromatic N) is 1. The Hall–Kier alpha value is -2.59. The average Bonchev–Trinajstić information content (AvgIpc) is 3.02. The first-order valence-electron chi connectivity index (χ1n) is 8.66. The molecule has 0 saturated heterocycles. The summed E-state index contributed by atoms with van der Waals surface area (Å²) in [6.45, 7) is 0. The highest BCUT2D eigenvalue weighted by atomic mass is 127. The molecular formula is C24H16IN. The van der Waals surface area contributed by atoms with E-state index < -0.39 is 0 Å². The molecule has 0 saturated carbocycles. The molecule has 0 aliphatic carbocycles. The van der Waals surface area contributed by atoms with Crippen LogP contribution in [0.15, 0.2) is 97.1 Å². The number of hydrogen-bond donors (Lipinski definition) is 0. The van der Waals surface area contributed by atoms with Gasteiger partial charge < -0.3 is 4.57 Å². The lowest BCUT2D eigenvalue weighted by Crippen LogP contribution is -1.93. The van der Waals surface area contributed by atoms with E-state index in [1.165, 1.54) is 42.2 Å². The minimum absolute atomic E-state index is 1.19. The number of halogens is 1. The maximum atomic E-state index is 2.37. The summed E-state index contributed by atoms with van der Waals surface area (Å²) >= 11 is 2.37. The van der Waals surface area contributed by atoms with Gasteiger partial charge in [0.05, 0.1) is 11.0 Å². The Morgan fingerprint density at radius 1 is 0.538 bits per heavy atom. The van der Waals surface area contributed by atoms with E-state index in [0.29, 0.717) is 0 Å². The zero-order valence-electron chi connectivity index (χ0n) is 14.1. The van der Waals surface area contributed by atoms with Gasteiger partial charge in [0, 0.05) is 20.0 Å². The second-order valence-electron chi connectivity index (χ2n) is 6.43. The van der Waals surface area contributed by atoms with Gasteiger partial charge in [-0.2, -0.15) is 0 Å². The molecule has 2 heteroatoms. The van der Waals surface area contributed by atoms with Crippen LogP contribution in [0.2, 0.25) is 0 Å². The van der Waals surface area contributed by atoms with Crippen molar-refractivity contribution in [1.82, 2.24) is 4.57 Å². The van der Waals surface area contributed by atoms with Crippen molar-refractivity contribution in [3.63, 3.8) is 0 Å². The van der Waals surface area contributed by atoms with Crippen LogP contribution in [0.4, 0.5) is 0 Å². The number of rotatable bonds is 2. The maximum Gasteiger partial charge on any atom is 0.0547 e. The number of aromatic nitrogens is 1. The average molecular weight is 445 g/mol. The van der Waals surface area contributed by atoms with Crippen molar-refractivity contribution in [3.05, 3.63) is 101 Å². The standard InChI is InChI=1S/C24H16IN/c25-19-8-6-7-17(15-19)18-13-14-22-21-11-4-5-12-23(21)26(24(22)16-18)20-9-2-1-3-10-20/h1-16H. The first kappa shape index (κ1) is 15.6. The van der Waals surface area contributed by atoms with Gasteiger partial charge in [-0.25, -0.2) is 0 Å². The van der Waals surface area contributed by atoms with Crippen molar-refractivity contribution >= 4 is 44.4 Å². The maximum absolute atomic E-state index is 2.37. The first-order chi connectivity index (χ1) is 12.8. The second kappa shape index (κ2) is 6.29. The molecule has 124 valence electrons. The van der Waals surface area contributed by atoms with Gasteiger partial charge in [-0.15, -0.1) is 0 Å². The fourth-order valence-corrected chi connectivity index (χ4v) is 4.22. The first-order valence-corrected chi connectivity index (χ1v) is 9.74. The largest absolute Gasteiger partial charge is 0.309 e. The molecule has 26 heavy (non-hydrogen) atoms. The van der Waals surface area contributed by atoms with Crippen molar-refractivity contribution in [3.8, 4) is 16.8 Å². The SMILES string of the molecule is Ic1cccc(-c2ccc3c4ccccc4n(-c4ccccc4)c3c2)c1. The van der Waals surface area contributed by atoms with E-state index in [1.807, 2.05) is 0 Å². The Kier molecular flexibility index (Phi) is 3.79. The van der Waals surface area contributed by atoms with Crippen LogP contribution in [-0.2, 0) is 0 Å². The highest BCUT2D eigenvalue weighted by Crippen LogP contribution is 2.34. The van der Waals surface area contributed by atoms with E-state index >= 15 is 0 Å². The molecule has 1 heterocycles. The Morgan fingerprint density at radius 2 is 1.27 bits per heavy atom. The number of para-hydroxylation sites is 2. The van der Waals surface area contributed by atoms with Crippen molar-refractivity contribution in [2.75, 3.05) is 0 Å². The lowest BCUT2D eigenvalue weighted by Gasteiger charge is -2.09. The van der Waals surface area contributed by atoms with Gasteiger partial charge in [0.2, 0.25) is 0 Å².